The van der Waals surface area contributed by atoms with Crippen molar-refractivity contribution < 1.29 is 0 Å². The molecule has 0 amide bonds. The molecule has 2 aliphatic carbocycles. The van der Waals surface area contributed by atoms with Crippen LogP contribution >= 0.6 is 11.6 Å². The third-order valence-corrected chi connectivity index (χ3v) is 5.61. The molecule has 1 saturated carbocycles. The van der Waals surface area contributed by atoms with Crippen LogP contribution in [-0.2, 0) is 0 Å². The lowest BCUT2D eigenvalue weighted by molar-refractivity contribution is 0.695. The van der Waals surface area contributed by atoms with Gasteiger partial charge >= 0.3 is 0 Å². The highest BCUT2D eigenvalue weighted by atomic mass is 35.5. The van der Waals surface area contributed by atoms with Gasteiger partial charge in [-0.05, 0) is 53.8 Å². The summed E-state index contributed by atoms with van der Waals surface area (Å²) in [6.07, 6.45) is 6.50. The molecule has 1 aromatic heterocycles. The molecule has 2 aromatic carbocycles. The largest absolute Gasteiger partial charge is 0.226 e. The number of allylic oxidation sites excluding steroid dienone is 2. The summed E-state index contributed by atoms with van der Waals surface area (Å²) in [6, 6.07) is 18.4. The van der Waals surface area contributed by atoms with E-state index < -0.39 is 0 Å². The Bertz CT molecular complexity index is 980. The average Bonchev–Trinajstić information content (AvgIpc) is 3.32. The van der Waals surface area contributed by atoms with Gasteiger partial charge in [0.1, 0.15) is 0 Å². The lowest BCUT2D eigenvalue weighted by Crippen LogP contribution is -1.98. The predicted octanol–water partition coefficient (Wildman–Crippen LogP) is 5.67. The third kappa shape index (κ3) is 2.82. The Morgan fingerprint density at radius 3 is 2.00 bits per heavy atom. The zero-order valence-corrected chi connectivity index (χ0v) is 15.0. The van der Waals surface area contributed by atoms with Crippen LogP contribution in [0.5, 0.6) is 0 Å². The van der Waals surface area contributed by atoms with Gasteiger partial charge in [-0.15, -0.1) is 0 Å². The topological polar surface area (TPSA) is 38.7 Å². The molecule has 26 heavy (non-hydrogen) atoms. The molecule has 0 aliphatic heterocycles. The summed E-state index contributed by atoms with van der Waals surface area (Å²) in [4.78, 5) is 13.2. The molecular weight excluding hydrogens is 342 g/mol. The zero-order valence-electron chi connectivity index (χ0n) is 14.3. The van der Waals surface area contributed by atoms with E-state index in [1.54, 1.807) is 0 Å². The number of halogens is 1. The molecule has 3 nitrogen and oxygen atoms in total. The Morgan fingerprint density at radius 1 is 0.731 bits per heavy atom. The SMILES string of the molecule is Clc1nc(-c2ccccc2)nc(-c2ccc(C3=CC4CCC3C4)cc2)n1. The minimum absolute atomic E-state index is 0.216. The number of aromatic nitrogens is 3. The molecule has 1 fully saturated rings. The molecule has 2 unspecified atom stereocenters. The highest BCUT2D eigenvalue weighted by molar-refractivity contribution is 6.28. The first-order chi connectivity index (χ1) is 12.8. The Hall–Kier alpha value is -2.52. The summed E-state index contributed by atoms with van der Waals surface area (Å²) in [7, 11) is 0. The number of fused-ring (bicyclic) bond motifs is 2. The molecule has 4 heteroatoms. The van der Waals surface area contributed by atoms with Gasteiger partial charge in [0.25, 0.3) is 0 Å². The molecule has 0 spiro atoms. The fraction of sp³-hybridized carbons (Fsp3) is 0.227. The highest BCUT2D eigenvalue weighted by Gasteiger charge is 2.33. The molecule has 1 heterocycles. The van der Waals surface area contributed by atoms with E-state index in [0.717, 1.165) is 23.0 Å². The van der Waals surface area contributed by atoms with Crippen molar-refractivity contribution >= 4 is 17.2 Å². The van der Waals surface area contributed by atoms with E-state index in [4.69, 9.17) is 11.6 Å². The van der Waals surface area contributed by atoms with Crippen LogP contribution < -0.4 is 0 Å². The van der Waals surface area contributed by atoms with Crippen molar-refractivity contribution in [3.05, 3.63) is 71.5 Å². The standard InChI is InChI=1S/C22H18ClN3/c23-22-25-20(16-4-2-1-3-5-16)24-21(26-22)17-10-8-15(9-11-17)19-13-14-6-7-18(19)12-14/h1-5,8-11,13-14,18H,6-7,12H2. The van der Waals surface area contributed by atoms with Gasteiger partial charge in [0.05, 0.1) is 0 Å². The van der Waals surface area contributed by atoms with Gasteiger partial charge in [-0.2, -0.15) is 9.97 Å². The van der Waals surface area contributed by atoms with Gasteiger partial charge in [-0.3, -0.25) is 0 Å². The fourth-order valence-electron chi connectivity index (χ4n) is 4.18. The van der Waals surface area contributed by atoms with Crippen molar-refractivity contribution in [2.75, 3.05) is 0 Å². The maximum absolute atomic E-state index is 6.16. The molecule has 2 aliphatic rings. The number of nitrogens with zero attached hydrogens (tertiary/aromatic N) is 3. The van der Waals surface area contributed by atoms with Crippen molar-refractivity contribution in [1.29, 1.82) is 0 Å². The van der Waals surface area contributed by atoms with E-state index in [0.29, 0.717) is 11.6 Å². The van der Waals surface area contributed by atoms with Gasteiger partial charge in [-0.25, -0.2) is 4.98 Å². The van der Waals surface area contributed by atoms with Crippen molar-refractivity contribution in [3.8, 4) is 22.8 Å². The summed E-state index contributed by atoms with van der Waals surface area (Å²) in [5, 5.41) is 0.216. The molecule has 2 atom stereocenters. The van der Waals surface area contributed by atoms with Crippen LogP contribution in [0.25, 0.3) is 28.3 Å². The summed E-state index contributed by atoms with van der Waals surface area (Å²) in [5.41, 5.74) is 4.73. The summed E-state index contributed by atoms with van der Waals surface area (Å²) in [6.45, 7) is 0. The van der Waals surface area contributed by atoms with E-state index in [-0.39, 0.29) is 5.28 Å². The zero-order chi connectivity index (χ0) is 17.5. The summed E-state index contributed by atoms with van der Waals surface area (Å²) in [5.74, 6) is 2.76. The molecule has 2 bridgehead atoms. The average molecular weight is 360 g/mol. The van der Waals surface area contributed by atoms with Gasteiger partial charge in [0, 0.05) is 11.1 Å². The van der Waals surface area contributed by atoms with Crippen molar-refractivity contribution in [1.82, 2.24) is 15.0 Å². The monoisotopic (exact) mass is 359 g/mol. The quantitative estimate of drug-likeness (QED) is 0.604. The van der Waals surface area contributed by atoms with E-state index in [1.807, 2.05) is 30.3 Å². The van der Waals surface area contributed by atoms with Crippen molar-refractivity contribution in [2.24, 2.45) is 11.8 Å². The minimum atomic E-state index is 0.216. The van der Waals surface area contributed by atoms with Crippen LogP contribution in [-0.4, -0.2) is 15.0 Å². The first-order valence-corrected chi connectivity index (χ1v) is 9.43. The fourth-order valence-corrected chi connectivity index (χ4v) is 4.34. The smallest absolute Gasteiger partial charge is 0.208 e. The Kier molecular flexibility index (Phi) is 3.83. The number of hydrogen-bond donors (Lipinski definition) is 0. The van der Waals surface area contributed by atoms with Crippen molar-refractivity contribution in [2.45, 2.75) is 19.3 Å². The van der Waals surface area contributed by atoms with Gasteiger partial charge < -0.3 is 0 Å². The normalized spacial score (nSPS) is 21.0. The lowest BCUT2D eigenvalue weighted by Gasteiger charge is -2.14. The van der Waals surface area contributed by atoms with Crippen LogP contribution in [0.1, 0.15) is 24.8 Å². The van der Waals surface area contributed by atoms with Crippen LogP contribution in [0.15, 0.2) is 60.7 Å². The van der Waals surface area contributed by atoms with Crippen LogP contribution in [0.3, 0.4) is 0 Å². The second-order valence-electron chi connectivity index (χ2n) is 7.09. The third-order valence-electron chi connectivity index (χ3n) is 5.44. The highest BCUT2D eigenvalue weighted by Crippen LogP contribution is 2.47. The van der Waals surface area contributed by atoms with E-state index in [1.165, 1.54) is 30.4 Å². The summed E-state index contributed by atoms with van der Waals surface area (Å²) >= 11 is 6.16. The Labute approximate surface area is 157 Å². The van der Waals surface area contributed by atoms with E-state index in [9.17, 15) is 0 Å². The first-order valence-electron chi connectivity index (χ1n) is 9.06. The second-order valence-corrected chi connectivity index (χ2v) is 7.43. The Morgan fingerprint density at radius 2 is 1.38 bits per heavy atom. The lowest BCUT2D eigenvalue weighted by atomic mass is 9.92. The number of benzene rings is 2. The molecule has 0 radical (unpaired) electrons. The van der Waals surface area contributed by atoms with Gasteiger partial charge in [0.2, 0.25) is 5.28 Å². The molecule has 0 N–H and O–H groups in total. The molecule has 5 rings (SSSR count). The summed E-state index contributed by atoms with van der Waals surface area (Å²) < 4.78 is 0. The van der Waals surface area contributed by atoms with Gasteiger partial charge in [-0.1, -0.05) is 60.7 Å². The second kappa shape index (κ2) is 6.33. The van der Waals surface area contributed by atoms with Crippen LogP contribution in [0.4, 0.5) is 0 Å². The van der Waals surface area contributed by atoms with E-state index in [2.05, 4.69) is 45.3 Å². The van der Waals surface area contributed by atoms with Gasteiger partial charge in [0.15, 0.2) is 11.6 Å². The first kappa shape index (κ1) is 15.7. The molecular formula is C22H18ClN3. The number of hydrogen-bond acceptors (Lipinski definition) is 3. The van der Waals surface area contributed by atoms with Crippen LogP contribution in [0, 0.1) is 11.8 Å². The van der Waals surface area contributed by atoms with Crippen LogP contribution in [0.2, 0.25) is 5.28 Å². The minimum Gasteiger partial charge on any atom is -0.208 e. The Balaban J connectivity index is 1.48. The number of rotatable bonds is 3. The van der Waals surface area contributed by atoms with Crippen molar-refractivity contribution in [3.63, 3.8) is 0 Å². The maximum Gasteiger partial charge on any atom is 0.226 e. The molecule has 128 valence electrons. The molecule has 0 saturated heterocycles. The predicted molar refractivity (Wildman–Crippen MR) is 105 cm³/mol. The maximum atomic E-state index is 6.16. The van der Waals surface area contributed by atoms with E-state index >= 15 is 0 Å². The molecule has 3 aromatic rings.